The zero-order valence-corrected chi connectivity index (χ0v) is 15.6. The number of ether oxygens (including phenoxy) is 2. The Morgan fingerprint density at radius 3 is 2.92 bits per heavy atom. The van der Waals surface area contributed by atoms with E-state index in [0.29, 0.717) is 35.3 Å². The van der Waals surface area contributed by atoms with Crippen LogP contribution in [0.15, 0.2) is 6.20 Å². The zero-order chi connectivity index (χ0) is 17.9. The first kappa shape index (κ1) is 17.4. The molecule has 9 heteroatoms. The van der Waals surface area contributed by atoms with E-state index >= 15 is 0 Å². The van der Waals surface area contributed by atoms with Gasteiger partial charge < -0.3 is 20.1 Å². The molecule has 8 nitrogen and oxygen atoms in total. The van der Waals surface area contributed by atoms with E-state index in [0.717, 1.165) is 56.8 Å². The number of hydrogen-bond acceptors (Lipinski definition) is 7. The number of rotatable bonds is 1. The summed E-state index contributed by atoms with van der Waals surface area (Å²) in [6.45, 7) is 4.96. The SMILES string of the molecule is Cc1c2c(nn1C1CCOCC1)OCCCCNc1nc(ncc1Cl)N2. The molecule has 0 aromatic carbocycles. The summed E-state index contributed by atoms with van der Waals surface area (Å²) in [6, 6.07) is 0.320. The number of anilines is 3. The Labute approximate surface area is 157 Å². The van der Waals surface area contributed by atoms with Crippen LogP contribution in [0.1, 0.15) is 37.4 Å². The molecule has 0 spiro atoms. The Balaban J connectivity index is 1.70. The van der Waals surface area contributed by atoms with Crippen molar-refractivity contribution in [1.29, 1.82) is 0 Å². The lowest BCUT2D eigenvalue weighted by molar-refractivity contribution is 0.0652. The molecule has 2 aromatic heterocycles. The molecule has 1 saturated heterocycles. The monoisotopic (exact) mass is 378 g/mol. The van der Waals surface area contributed by atoms with Gasteiger partial charge in [-0.2, -0.15) is 4.98 Å². The van der Waals surface area contributed by atoms with Gasteiger partial charge in [-0.1, -0.05) is 11.6 Å². The van der Waals surface area contributed by atoms with Crippen LogP contribution in [-0.2, 0) is 4.74 Å². The van der Waals surface area contributed by atoms with E-state index in [1.807, 2.05) is 6.92 Å². The molecule has 4 rings (SSSR count). The molecule has 0 unspecified atom stereocenters. The summed E-state index contributed by atoms with van der Waals surface area (Å²) in [5, 5.41) is 11.8. The van der Waals surface area contributed by atoms with Crippen LogP contribution in [0.4, 0.5) is 17.5 Å². The summed E-state index contributed by atoms with van der Waals surface area (Å²) in [5.74, 6) is 1.71. The maximum Gasteiger partial charge on any atom is 0.257 e. The highest BCUT2D eigenvalue weighted by Crippen LogP contribution is 2.34. The smallest absolute Gasteiger partial charge is 0.257 e. The predicted octanol–water partition coefficient (Wildman–Crippen LogP) is 3.31. The van der Waals surface area contributed by atoms with Gasteiger partial charge in [-0.25, -0.2) is 4.98 Å². The summed E-state index contributed by atoms with van der Waals surface area (Å²) in [4.78, 5) is 8.78. The van der Waals surface area contributed by atoms with Gasteiger partial charge in [0.2, 0.25) is 5.95 Å². The predicted molar refractivity (Wildman–Crippen MR) is 99.6 cm³/mol. The average molecular weight is 379 g/mol. The molecule has 2 bridgehead atoms. The summed E-state index contributed by atoms with van der Waals surface area (Å²) in [5.41, 5.74) is 1.82. The van der Waals surface area contributed by atoms with E-state index in [2.05, 4.69) is 25.3 Å². The summed E-state index contributed by atoms with van der Waals surface area (Å²) >= 11 is 6.19. The molecular weight excluding hydrogens is 356 g/mol. The van der Waals surface area contributed by atoms with Crippen molar-refractivity contribution in [2.75, 3.05) is 37.0 Å². The lowest BCUT2D eigenvalue weighted by Gasteiger charge is -2.23. The van der Waals surface area contributed by atoms with Crippen molar-refractivity contribution >= 4 is 29.1 Å². The molecule has 0 aliphatic carbocycles. The van der Waals surface area contributed by atoms with E-state index in [1.54, 1.807) is 6.20 Å². The van der Waals surface area contributed by atoms with Crippen LogP contribution in [-0.4, -0.2) is 46.1 Å². The molecule has 26 heavy (non-hydrogen) atoms. The minimum atomic E-state index is 0.320. The second-order valence-electron chi connectivity index (χ2n) is 6.55. The minimum Gasteiger partial charge on any atom is -0.475 e. The third-order valence-electron chi connectivity index (χ3n) is 4.74. The molecule has 1 fully saturated rings. The Hall–Kier alpha value is -2.06. The number of halogens is 1. The van der Waals surface area contributed by atoms with Crippen LogP contribution in [0.2, 0.25) is 5.02 Å². The Kier molecular flexibility index (Phi) is 5.12. The van der Waals surface area contributed by atoms with Crippen LogP contribution in [0.5, 0.6) is 5.88 Å². The number of hydrogen-bond donors (Lipinski definition) is 2. The Morgan fingerprint density at radius 1 is 1.23 bits per heavy atom. The number of nitrogens with one attached hydrogen (secondary N) is 2. The molecule has 4 heterocycles. The second-order valence-corrected chi connectivity index (χ2v) is 6.96. The van der Waals surface area contributed by atoms with E-state index in [-0.39, 0.29) is 0 Å². The lowest BCUT2D eigenvalue weighted by atomic mass is 10.1. The van der Waals surface area contributed by atoms with Crippen LogP contribution in [0, 0.1) is 6.92 Å². The van der Waals surface area contributed by atoms with Crippen molar-refractivity contribution in [2.24, 2.45) is 0 Å². The number of aromatic nitrogens is 4. The van der Waals surface area contributed by atoms with Crippen molar-refractivity contribution in [3.05, 3.63) is 16.9 Å². The molecule has 0 amide bonds. The molecular formula is C17H23ClN6O2. The largest absolute Gasteiger partial charge is 0.475 e. The number of fused-ring (bicyclic) bond motifs is 3. The molecule has 0 saturated carbocycles. The summed E-state index contributed by atoms with van der Waals surface area (Å²) < 4.78 is 13.5. The first-order valence-electron chi connectivity index (χ1n) is 9.05. The zero-order valence-electron chi connectivity index (χ0n) is 14.8. The average Bonchev–Trinajstić information content (AvgIpc) is 2.96. The topological polar surface area (TPSA) is 86.1 Å². The maximum absolute atomic E-state index is 6.19. The first-order chi connectivity index (χ1) is 12.7. The summed E-state index contributed by atoms with van der Waals surface area (Å²) in [6.07, 6.45) is 5.38. The fraction of sp³-hybridized carbons (Fsp3) is 0.588. The van der Waals surface area contributed by atoms with Gasteiger partial charge in [0.15, 0.2) is 0 Å². The minimum absolute atomic E-state index is 0.320. The Bertz CT molecular complexity index is 775. The van der Waals surface area contributed by atoms with Gasteiger partial charge in [-0.3, -0.25) is 4.68 Å². The van der Waals surface area contributed by atoms with Crippen LogP contribution >= 0.6 is 11.6 Å². The van der Waals surface area contributed by atoms with Gasteiger partial charge in [-0.05, 0) is 32.6 Å². The molecule has 0 atom stereocenters. The van der Waals surface area contributed by atoms with E-state index in [4.69, 9.17) is 26.2 Å². The normalized spacial score (nSPS) is 18.5. The van der Waals surface area contributed by atoms with Gasteiger partial charge in [0, 0.05) is 19.8 Å². The molecule has 2 aliphatic rings. The van der Waals surface area contributed by atoms with E-state index in [1.165, 1.54) is 0 Å². The van der Waals surface area contributed by atoms with E-state index in [9.17, 15) is 0 Å². The second kappa shape index (κ2) is 7.67. The van der Waals surface area contributed by atoms with Crippen LogP contribution in [0.25, 0.3) is 0 Å². The molecule has 2 aliphatic heterocycles. The third-order valence-corrected chi connectivity index (χ3v) is 5.01. The summed E-state index contributed by atoms with van der Waals surface area (Å²) in [7, 11) is 0. The van der Waals surface area contributed by atoms with Crippen LogP contribution < -0.4 is 15.4 Å². The fourth-order valence-electron chi connectivity index (χ4n) is 3.29. The molecule has 0 radical (unpaired) electrons. The highest BCUT2D eigenvalue weighted by molar-refractivity contribution is 6.32. The van der Waals surface area contributed by atoms with Gasteiger partial charge in [0.25, 0.3) is 5.88 Å². The molecule has 2 aromatic rings. The third kappa shape index (κ3) is 3.57. The standard InChI is InChI=1S/C17H23ClN6O2/c1-11-14-16(23-24(11)12-4-8-25-9-5-12)26-7-3-2-6-19-15-13(18)10-20-17(21-14)22-15/h10,12H,2-9H2,1H3,(H2,19,20,21,22). The van der Waals surface area contributed by atoms with Crippen molar-refractivity contribution < 1.29 is 9.47 Å². The van der Waals surface area contributed by atoms with Crippen molar-refractivity contribution in [3.63, 3.8) is 0 Å². The highest BCUT2D eigenvalue weighted by atomic mass is 35.5. The van der Waals surface area contributed by atoms with Crippen LogP contribution in [0.3, 0.4) is 0 Å². The quantitative estimate of drug-likeness (QED) is 0.787. The Morgan fingerprint density at radius 2 is 2.08 bits per heavy atom. The van der Waals surface area contributed by atoms with Gasteiger partial charge >= 0.3 is 0 Å². The first-order valence-corrected chi connectivity index (χ1v) is 9.43. The molecule has 140 valence electrons. The molecule has 2 N–H and O–H groups in total. The lowest BCUT2D eigenvalue weighted by Crippen LogP contribution is -2.21. The van der Waals surface area contributed by atoms with Gasteiger partial charge in [-0.15, -0.1) is 5.10 Å². The van der Waals surface area contributed by atoms with Crippen molar-refractivity contribution in [1.82, 2.24) is 19.7 Å². The fourth-order valence-corrected chi connectivity index (χ4v) is 3.45. The van der Waals surface area contributed by atoms with Crippen molar-refractivity contribution in [2.45, 2.75) is 38.6 Å². The van der Waals surface area contributed by atoms with E-state index < -0.39 is 0 Å². The maximum atomic E-state index is 6.19. The highest BCUT2D eigenvalue weighted by Gasteiger charge is 2.24. The van der Waals surface area contributed by atoms with Gasteiger partial charge in [0.1, 0.15) is 16.5 Å². The van der Waals surface area contributed by atoms with Crippen molar-refractivity contribution in [3.8, 4) is 5.88 Å². The number of nitrogens with zero attached hydrogens (tertiary/aromatic N) is 4. The van der Waals surface area contributed by atoms with Gasteiger partial charge in [0.05, 0.1) is 24.5 Å².